The summed E-state index contributed by atoms with van der Waals surface area (Å²) in [5.74, 6) is 0.780. The van der Waals surface area contributed by atoms with Crippen molar-refractivity contribution in [2.24, 2.45) is 11.8 Å². The third-order valence-electron chi connectivity index (χ3n) is 4.04. The van der Waals surface area contributed by atoms with Crippen molar-refractivity contribution in [3.05, 3.63) is 23.3 Å². The molecular formula is C13H12O5. The number of carbonyl (C=O) groups excluding carboxylic acids is 1. The summed E-state index contributed by atoms with van der Waals surface area (Å²) in [6.45, 7) is 0.516. The number of rotatable bonds is 0. The standard InChI is InChI=1S/C13H12O5/c14-12-7-3-11-10(17-5-18-11)2-6(7)1-8-9(12)4-16-13(8)15/h2-3,8-9,12,14H,1,4-5H2/t8-,9?,12?/m1/s1. The van der Waals surface area contributed by atoms with Crippen LogP contribution >= 0.6 is 0 Å². The second kappa shape index (κ2) is 3.38. The molecule has 0 radical (unpaired) electrons. The van der Waals surface area contributed by atoms with E-state index in [0.717, 1.165) is 11.1 Å². The van der Waals surface area contributed by atoms with Gasteiger partial charge in [0.15, 0.2) is 11.5 Å². The molecule has 0 amide bonds. The zero-order valence-corrected chi connectivity index (χ0v) is 9.59. The van der Waals surface area contributed by atoms with Crippen LogP contribution in [0.5, 0.6) is 11.5 Å². The van der Waals surface area contributed by atoms with E-state index in [1.807, 2.05) is 12.1 Å². The molecule has 1 fully saturated rings. The highest BCUT2D eigenvalue weighted by Gasteiger charge is 2.46. The van der Waals surface area contributed by atoms with Crippen LogP contribution in [0.25, 0.3) is 0 Å². The Morgan fingerprint density at radius 2 is 1.94 bits per heavy atom. The highest BCUT2D eigenvalue weighted by atomic mass is 16.7. The Bertz CT molecular complexity index is 538. The normalized spacial score (nSPS) is 31.8. The maximum absolute atomic E-state index is 11.6. The third-order valence-corrected chi connectivity index (χ3v) is 4.04. The van der Waals surface area contributed by atoms with Gasteiger partial charge in [0.1, 0.15) is 0 Å². The summed E-state index contributed by atoms with van der Waals surface area (Å²) >= 11 is 0. The fourth-order valence-electron chi connectivity index (χ4n) is 3.04. The number of carbonyl (C=O) groups is 1. The Kier molecular flexibility index (Phi) is 1.92. The number of benzene rings is 1. The van der Waals surface area contributed by atoms with E-state index in [1.165, 1.54) is 0 Å². The van der Waals surface area contributed by atoms with E-state index >= 15 is 0 Å². The molecule has 1 aromatic carbocycles. The Morgan fingerprint density at radius 1 is 1.17 bits per heavy atom. The molecule has 0 spiro atoms. The lowest BCUT2D eigenvalue weighted by Gasteiger charge is -2.29. The molecule has 18 heavy (non-hydrogen) atoms. The fraction of sp³-hybridized carbons (Fsp3) is 0.462. The first kappa shape index (κ1) is 10.2. The minimum atomic E-state index is -0.667. The van der Waals surface area contributed by atoms with Crippen molar-refractivity contribution in [3.8, 4) is 11.5 Å². The summed E-state index contributed by atoms with van der Waals surface area (Å²) in [6, 6.07) is 3.68. The molecular weight excluding hydrogens is 236 g/mol. The van der Waals surface area contributed by atoms with Crippen LogP contribution in [0.2, 0.25) is 0 Å². The van der Waals surface area contributed by atoms with Crippen molar-refractivity contribution in [1.29, 1.82) is 0 Å². The average molecular weight is 248 g/mol. The number of cyclic esters (lactones) is 1. The highest BCUT2D eigenvalue weighted by molar-refractivity contribution is 5.76. The maximum atomic E-state index is 11.6. The molecule has 5 nitrogen and oxygen atoms in total. The zero-order valence-electron chi connectivity index (χ0n) is 9.59. The SMILES string of the molecule is O=C1OCC2C(O)c3cc4c(cc3C[C@@H]12)OCO4. The van der Waals surface area contributed by atoms with E-state index in [0.29, 0.717) is 24.5 Å². The molecule has 0 bridgehead atoms. The van der Waals surface area contributed by atoms with E-state index < -0.39 is 6.10 Å². The van der Waals surface area contributed by atoms with Crippen molar-refractivity contribution in [3.63, 3.8) is 0 Å². The third kappa shape index (κ3) is 1.22. The fourth-order valence-corrected chi connectivity index (χ4v) is 3.04. The molecule has 2 unspecified atom stereocenters. The van der Waals surface area contributed by atoms with Crippen LogP contribution in [0.4, 0.5) is 0 Å². The van der Waals surface area contributed by atoms with Gasteiger partial charge in [-0.15, -0.1) is 0 Å². The Hall–Kier alpha value is -1.75. The Morgan fingerprint density at radius 3 is 2.78 bits per heavy atom. The number of hydrogen-bond acceptors (Lipinski definition) is 5. The molecule has 0 aromatic heterocycles. The molecule has 4 rings (SSSR count). The average Bonchev–Trinajstić information content (AvgIpc) is 2.95. The van der Waals surface area contributed by atoms with Crippen molar-refractivity contribution < 1.29 is 24.1 Å². The number of aliphatic hydroxyl groups is 1. The lowest BCUT2D eigenvalue weighted by Crippen LogP contribution is -2.30. The molecule has 2 heterocycles. The smallest absolute Gasteiger partial charge is 0.309 e. The molecule has 2 aliphatic heterocycles. The topological polar surface area (TPSA) is 65.0 Å². The molecule has 1 aromatic rings. The number of aliphatic hydroxyl groups excluding tert-OH is 1. The lowest BCUT2D eigenvalue weighted by molar-refractivity contribution is -0.141. The Balaban J connectivity index is 1.82. The zero-order chi connectivity index (χ0) is 12.3. The van der Waals surface area contributed by atoms with Gasteiger partial charge in [0.25, 0.3) is 0 Å². The predicted octanol–water partition coefficient (Wildman–Crippen LogP) is 0.794. The first-order valence-corrected chi connectivity index (χ1v) is 6.01. The van der Waals surface area contributed by atoms with Gasteiger partial charge in [0.05, 0.1) is 18.6 Å². The molecule has 1 aliphatic carbocycles. The van der Waals surface area contributed by atoms with Crippen molar-refractivity contribution >= 4 is 5.97 Å². The van der Waals surface area contributed by atoms with Crippen LogP contribution in [0.15, 0.2) is 12.1 Å². The summed E-state index contributed by atoms with van der Waals surface area (Å²) in [7, 11) is 0. The van der Waals surface area contributed by atoms with Crippen LogP contribution in [-0.4, -0.2) is 24.5 Å². The molecule has 0 saturated carbocycles. The van der Waals surface area contributed by atoms with Crippen LogP contribution in [0.3, 0.4) is 0 Å². The van der Waals surface area contributed by atoms with Crippen LogP contribution in [-0.2, 0) is 16.0 Å². The second-order valence-corrected chi connectivity index (χ2v) is 4.95. The van der Waals surface area contributed by atoms with Crippen LogP contribution in [0.1, 0.15) is 17.2 Å². The minimum absolute atomic E-state index is 0.134. The van der Waals surface area contributed by atoms with E-state index in [4.69, 9.17) is 14.2 Å². The van der Waals surface area contributed by atoms with Gasteiger partial charge in [-0.3, -0.25) is 4.79 Å². The van der Waals surface area contributed by atoms with E-state index in [2.05, 4.69) is 0 Å². The summed E-state index contributed by atoms with van der Waals surface area (Å²) in [6.07, 6.45) is -0.0632. The first-order valence-electron chi connectivity index (χ1n) is 6.01. The molecule has 5 heteroatoms. The van der Waals surface area contributed by atoms with E-state index in [1.54, 1.807) is 0 Å². The van der Waals surface area contributed by atoms with Gasteiger partial charge in [0.2, 0.25) is 6.79 Å². The first-order chi connectivity index (χ1) is 8.74. The minimum Gasteiger partial charge on any atom is -0.465 e. The second-order valence-electron chi connectivity index (χ2n) is 4.95. The van der Waals surface area contributed by atoms with Crippen molar-refractivity contribution in [1.82, 2.24) is 0 Å². The number of ether oxygens (including phenoxy) is 3. The summed E-state index contributed by atoms with van der Waals surface area (Å²) in [4.78, 5) is 11.6. The largest absolute Gasteiger partial charge is 0.465 e. The lowest BCUT2D eigenvalue weighted by atomic mass is 9.75. The van der Waals surface area contributed by atoms with Gasteiger partial charge in [-0.05, 0) is 29.7 Å². The van der Waals surface area contributed by atoms with Gasteiger partial charge in [-0.25, -0.2) is 0 Å². The summed E-state index contributed by atoms with van der Waals surface area (Å²) in [5.41, 5.74) is 1.78. The van der Waals surface area contributed by atoms with Gasteiger partial charge >= 0.3 is 5.97 Å². The predicted molar refractivity (Wildman–Crippen MR) is 59.2 cm³/mol. The van der Waals surface area contributed by atoms with Crippen molar-refractivity contribution in [2.75, 3.05) is 13.4 Å². The highest BCUT2D eigenvalue weighted by Crippen LogP contribution is 2.46. The summed E-state index contributed by atoms with van der Waals surface area (Å²) < 4.78 is 15.7. The van der Waals surface area contributed by atoms with Crippen molar-refractivity contribution in [2.45, 2.75) is 12.5 Å². The number of fused-ring (bicyclic) bond motifs is 3. The van der Waals surface area contributed by atoms with Gasteiger partial charge < -0.3 is 19.3 Å². The molecule has 94 valence electrons. The Labute approximate surface area is 103 Å². The van der Waals surface area contributed by atoms with Gasteiger partial charge in [0, 0.05) is 5.92 Å². The number of esters is 1. The summed E-state index contributed by atoms with van der Waals surface area (Å²) in [5, 5.41) is 10.4. The van der Waals surface area contributed by atoms with Crippen LogP contribution < -0.4 is 9.47 Å². The maximum Gasteiger partial charge on any atom is 0.309 e. The van der Waals surface area contributed by atoms with E-state index in [-0.39, 0.29) is 24.6 Å². The van der Waals surface area contributed by atoms with Gasteiger partial charge in [-0.2, -0.15) is 0 Å². The monoisotopic (exact) mass is 248 g/mol. The van der Waals surface area contributed by atoms with Gasteiger partial charge in [-0.1, -0.05) is 0 Å². The molecule has 1 N–H and O–H groups in total. The van der Waals surface area contributed by atoms with E-state index in [9.17, 15) is 9.90 Å². The van der Waals surface area contributed by atoms with Crippen LogP contribution in [0, 0.1) is 11.8 Å². The number of hydrogen-bond donors (Lipinski definition) is 1. The quantitative estimate of drug-likeness (QED) is 0.688. The molecule has 3 atom stereocenters. The molecule has 3 aliphatic rings. The molecule has 1 saturated heterocycles.